The van der Waals surface area contributed by atoms with Crippen molar-refractivity contribution < 1.29 is 13.2 Å². The van der Waals surface area contributed by atoms with Crippen molar-refractivity contribution in [2.75, 3.05) is 12.0 Å². The first-order valence-corrected chi connectivity index (χ1v) is 11.7. The van der Waals surface area contributed by atoms with Gasteiger partial charge < -0.3 is 9.88 Å². The van der Waals surface area contributed by atoms with E-state index < -0.39 is 24.6 Å². The zero-order valence-corrected chi connectivity index (χ0v) is 20.4. The minimum Gasteiger partial charge on any atom is -0.342 e. The van der Waals surface area contributed by atoms with E-state index in [-0.39, 0.29) is 17.5 Å². The Morgan fingerprint density at radius 3 is 2.68 bits per heavy atom. The predicted molar refractivity (Wildman–Crippen MR) is 129 cm³/mol. The lowest BCUT2D eigenvalue weighted by atomic mass is 10.1. The van der Waals surface area contributed by atoms with E-state index in [0.29, 0.717) is 16.2 Å². The highest BCUT2D eigenvalue weighted by Gasteiger charge is 2.45. The predicted octanol–water partition coefficient (Wildman–Crippen LogP) is 4.57. The topological polar surface area (TPSA) is 96.2 Å². The lowest BCUT2D eigenvalue weighted by Gasteiger charge is -2.27. The molecule has 0 saturated heterocycles. The van der Waals surface area contributed by atoms with Gasteiger partial charge in [0.05, 0.1) is 24.1 Å². The number of aromatic nitrogens is 9. The maximum absolute atomic E-state index is 15.4. The number of rotatable bonds is 6. The van der Waals surface area contributed by atoms with Crippen molar-refractivity contribution in [3.05, 3.63) is 65.6 Å². The third kappa shape index (κ3) is 3.68. The normalized spacial score (nSPS) is 15.0. The third-order valence-electron chi connectivity index (χ3n) is 6.40. The summed E-state index contributed by atoms with van der Waals surface area (Å²) in [6.07, 6.45) is 6.43. The van der Waals surface area contributed by atoms with Crippen LogP contribution in [0.25, 0.3) is 22.6 Å². The van der Waals surface area contributed by atoms with Gasteiger partial charge in [-0.25, -0.2) is 9.37 Å². The highest BCUT2D eigenvalue weighted by molar-refractivity contribution is 6.29. The molecule has 5 aromatic rings. The molecule has 5 aromatic heterocycles. The molecule has 0 radical (unpaired) electrons. The summed E-state index contributed by atoms with van der Waals surface area (Å²) in [5.74, 6) is 0.782. The molecule has 10 nitrogen and oxygen atoms in total. The van der Waals surface area contributed by atoms with Gasteiger partial charge in [-0.2, -0.15) is 23.7 Å². The third-order valence-corrected chi connectivity index (χ3v) is 6.68. The Morgan fingerprint density at radius 2 is 1.97 bits per heavy atom. The van der Waals surface area contributed by atoms with Crippen LogP contribution in [-0.2, 0) is 19.6 Å². The standard InChI is InChI=1S/C23H20ClF3N10/c1-13-10-28-19(31-20-4-6-29-34(20)2)8-16(13)14-7-17-21-32-33-22(23(26,27)37-18(24)3-5-30-37)36(21)15(9-25)12-35(17)11-14/h3-8,10-11,15H,9,12H2,1-2H3,(H,28,31)/t15-/m0/s1. The monoisotopic (exact) mass is 528 g/mol. The lowest BCUT2D eigenvalue weighted by molar-refractivity contribution is -0.0612. The number of alkyl halides is 3. The van der Waals surface area contributed by atoms with Crippen molar-refractivity contribution in [2.45, 2.75) is 25.6 Å². The number of pyridine rings is 1. The zero-order valence-electron chi connectivity index (χ0n) is 19.6. The van der Waals surface area contributed by atoms with Crippen LogP contribution in [0.1, 0.15) is 17.4 Å². The summed E-state index contributed by atoms with van der Waals surface area (Å²) in [6.45, 7) is 1.16. The summed E-state index contributed by atoms with van der Waals surface area (Å²) in [5, 5.41) is 18.5. The van der Waals surface area contributed by atoms with Gasteiger partial charge in [0.2, 0.25) is 5.82 Å². The minimum atomic E-state index is -3.73. The van der Waals surface area contributed by atoms with E-state index in [4.69, 9.17) is 11.6 Å². The molecule has 0 aromatic carbocycles. The molecule has 0 amide bonds. The maximum Gasteiger partial charge on any atom is 0.405 e. The molecule has 1 aliphatic rings. The number of halogens is 4. The summed E-state index contributed by atoms with van der Waals surface area (Å²) in [4.78, 5) is 4.45. The maximum atomic E-state index is 15.4. The molecule has 37 heavy (non-hydrogen) atoms. The van der Waals surface area contributed by atoms with Crippen molar-refractivity contribution in [1.82, 2.24) is 43.9 Å². The van der Waals surface area contributed by atoms with E-state index in [1.165, 1.54) is 6.07 Å². The quantitative estimate of drug-likeness (QED) is 0.347. The molecule has 0 spiro atoms. The van der Waals surface area contributed by atoms with E-state index in [9.17, 15) is 4.39 Å². The Morgan fingerprint density at radius 1 is 1.16 bits per heavy atom. The molecule has 0 bridgehead atoms. The van der Waals surface area contributed by atoms with Crippen LogP contribution in [0.5, 0.6) is 0 Å². The van der Waals surface area contributed by atoms with Crippen molar-refractivity contribution in [1.29, 1.82) is 0 Å². The van der Waals surface area contributed by atoms with Gasteiger partial charge >= 0.3 is 6.05 Å². The molecule has 0 fully saturated rings. The smallest absolute Gasteiger partial charge is 0.342 e. The summed E-state index contributed by atoms with van der Waals surface area (Å²) < 4.78 is 49.9. The van der Waals surface area contributed by atoms with Crippen LogP contribution in [0.3, 0.4) is 0 Å². The molecule has 1 aliphatic heterocycles. The highest BCUT2D eigenvalue weighted by atomic mass is 35.5. The Bertz CT molecular complexity index is 1610. The SMILES string of the molecule is Cc1cnc(Nc2ccnn2C)cc1-c1cc2n(c1)C[C@H](CF)n1c-2nnc1C(F)(F)n1nccc1Cl. The first kappa shape index (κ1) is 23.3. The fraction of sp³-hybridized carbons (Fsp3) is 0.261. The van der Waals surface area contributed by atoms with Gasteiger partial charge in [-0.1, -0.05) is 11.6 Å². The number of hydrogen-bond acceptors (Lipinski definition) is 6. The molecule has 190 valence electrons. The van der Waals surface area contributed by atoms with Crippen LogP contribution in [0.15, 0.2) is 49.1 Å². The number of anilines is 2. The second-order valence-corrected chi connectivity index (χ2v) is 9.14. The average Bonchev–Trinajstić information content (AvgIpc) is 3.66. The average molecular weight is 529 g/mol. The molecule has 1 N–H and O–H groups in total. The van der Waals surface area contributed by atoms with Gasteiger partial charge in [0, 0.05) is 37.6 Å². The Hall–Kier alpha value is -4.13. The van der Waals surface area contributed by atoms with Crippen molar-refractivity contribution in [2.24, 2.45) is 7.05 Å². The van der Waals surface area contributed by atoms with E-state index in [2.05, 4.69) is 30.7 Å². The lowest BCUT2D eigenvalue weighted by Crippen LogP contribution is -2.34. The van der Waals surface area contributed by atoms with Gasteiger partial charge in [-0.05, 0) is 36.2 Å². The van der Waals surface area contributed by atoms with Gasteiger partial charge in [0.1, 0.15) is 23.5 Å². The van der Waals surface area contributed by atoms with Crippen molar-refractivity contribution in [3.63, 3.8) is 0 Å². The van der Waals surface area contributed by atoms with E-state index in [0.717, 1.165) is 33.3 Å². The Labute approximate surface area is 213 Å². The second-order valence-electron chi connectivity index (χ2n) is 8.75. The number of nitrogens with zero attached hydrogens (tertiary/aromatic N) is 9. The van der Waals surface area contributed by atoms with Crippen LogP contribution < -0.4 is 5.32 Å². The molecule has 0 unspecified atom stereocenters. The first-order chi connectivity index (χ1) is 17.8. The van der Waals surface area contributed by atoms with Crippen LogP contribution in [0, 0.1) is 6.92 Å². The molecule has 6 heterocycles. The summed E-state index contributed by atoms with van der Waals surface area (Å²) in [7, 11) is 1.81. The Kier molecular flexibility index (Phi) is 5.33. The van der Waals surface area contributed by atoms with Crippen LogP contribution >= 0.6 is 11.6 Å². The summed E-state index contributed by atoms with van der Waals surface area (Å²) in [6, 6.07) is 2.11. The molecule has 0 aliphatic carbocycles. The first-order valence-electron chi connectivity index (χ1n) is 11.3. The van der Waals surface area contributed by atoms with Crippen LogP contribution in [0.4, 0.5) is 24.8 Å². The molecule has 0 saturated carbocycles. The van der Waals surface area contributed by atoms with Gasteiger partial charge in [-0.3, -0.25) is 9.25 Å². The second kappa shape index (κ2) is 8.47. The van der Waals surface area contributed by atoms with Gasteiger partial charge in [-0.15, -0.1) is 10.2 Å². The number of fused-ring (bicyclic) bond motifs is 3. The molecule has 6 rings (SSSR count). The highest BCUT2D eigenvalue weighted by Crippen LogP contribution is 2.40. The Balaban J connectivity index is 1.42. The number of nitrogens with one attached hydrogen (secondary N) is 1. The molecular formula is C23H20ClF3N10. The summed E-state index contributed by atoms with van der Waals surface area (Å²) >= 11 is 5.90. The fourth-order valence-electron chi connectivity index (χ4n) is 4.56. The van der Waals surface area contributed by atoms with Crippen LogP contribution in [0.2, 0.25) is 5.15 Å². The fourth-order valence-corrected chi connectivity index (χ4v) is 4.77. The van der Waals surface area contributed by atoms with E-state index in [1.807, 2.05) is 38.4 Å². The minimum absolute atomic E-state index is 0.122. The largest absolute Gasteiger partial charge is 0.405 e. The number of hydrogen-bond donors (Lipinski definition) is 1. The van der Waals surface area contributed by atoms with E-state index in [1.54, 1.807) is 21.6 Å². The van der Waals surface area contributed by atoms with Crippen molar-refractivity contribution in [3.8, 4) is 22.6 Å². The van der Waals surface area contributed by atoms with Crippen molar-refractivity contribution >= 4 is 23.2 Å². The summed E-state index contributed by atoms with van der Waals surface area (Å²) in [5.41, 5.74) is 3.12. The van der Waals surface area contributed by atoms with Crippen LogP contribution in [-0.4, -0.2) is 50.6 Å². The molecular weight excluding hydrogens is 509 g/mol. The van der Waals surface area contributed by atoms with Gasteiger partial charge in [0.25, 0.3) is 0 Å². The zero-order chi connectivity index (χ0) is 25.9. The van der Waals surface area contributed by atoms with E-state index >= 15 is 8.78 Å². The molecule has 1 atom stereocenters. The van der Waals surface area contributed by atoms with Gasteiger partial charge in [0.15, 0.2) is 5.82 Å². The number of aryl methyl sites for hydroxylation is 2. The molecule has 14 heteroatoms.